The third-order valence-electron chi connectivity index (χ3n) is 5.37. The molecule has 5 nitrogen and oxygen atoms in total. The van der Waals surface area contributed by atoms with Crippen LogP contribution in [0.5, 0.6) is 0 Å². The maximum absolute atomic E-state index is 9.35. The third-order valence-corrected chi connectivity index (χ3v) is 5.37. The number of aliphatic hydroxyl groups excluding tert-OH is 1. The van der Waals surface area contributed by atoms with Crippen LogP contribution in [-0.2, 0) is 0 Å². The van der Waals surface area contributed by atoms with Crippen LogP contribution in [0, 0.1) is 11.3 Å². The molecule has 0 spiro atoms. The van der Waals surface area contributed by atoms with Crippen LogP contribution in [0.4, 0.5) is 0 Å². The Kier molecular flexibility index (Phi) is 12.3. The molecule has 0 radical (unpaired) electrons. The molecule has 0 aromatic heterocycles. The number of aliphatic hydroxyl groups is 1. The SMILES string of the molecule is CCNC(=NCC(CC)(CC)CCO)NCC(C1CC1)N(C)C.I. The molecule has 0 heterocycles. The molecule has 0 saturated heterocycles. The molecule has 1 aliphatic carbocycles. The van der Waals surface area contributed by atoms with Gasteiger partial charge in [0.25, 0.3) is 0 Å². The van der Waals surface area contributed by atoms with Crippen LogP contribution in [0.1, 0.15) is 52.9 Å². The Bertz CT molecular complexity index is 353. The second-order valence-corrected chi connectivity index (χ2v) is 7.13. The van der Waals surface area contributed by atoms with Crippen molar-refractivity contribution in [3.05, 3.63) is 0 Å². The number of nitrogens with one attached hydrogen (secondary N) is 2. The number of hydrogen-bond acceptors (Lipinski definition) is 3. The second kappa shape index (κ2) is 12.3. The van der Waals surface area contributed by atoms with Crippen molar-refractivity contribution in [2.75, 3.05) is 40.3 Å². The highest BCUT2D eigenvalue weighted by molar-refractivity contribution is 14.0. The Morgan fingerprint density at radius 3 is 2.25 bits per heavy atom. The van der Waals surface area contributed by atoms with Gasteiger partial charge in [-0.25, -0.2) is 0 Å². The van der Waals surface area contributed by atoms with Gasteiger partial charge in [-0.05, 0) is 64.5 Å². The topological polar surface area (TPSA) is 59.9 Å². The number of likely N-dealkylation sites (N-methyl/N-ethyl adjacent to an activating group) is 1. The van der Waals surface area contributed by atoms with Crippen molar-refractivity contribution in [1.82, 2.24) is 15.5 Å². The summed E-state index contributed by atoms with van der Waals surface area (Å²) in [6.45, 7) is 9.32. The lowest BCUT2D eigenvalue weighted by Gasteiger charge is -2.30. The molecule has 1 aliphatic rings. The predicted octanol–water partition coefficient (Wildman–Crippen LogP) is 2.69. The average Bonchev–Trinajstić information content (AvgIpc) is 3.36. The molecule has 3 N–H and O–H groups in total. The van der Waals surface area contributed by atoms with E-state index in [1.807, 2.05) is 0 Å². The Morgan fingerprint density at radius 1 is 1.21 bits per heavy atom. The first-order chi connectivity index (χ1) is 11.0. The predicted molar refractivity (Wildman–Crippen MR) is 114 cm³/mol. The van der Waals surface area contributed by atoms with Gasteiger partial charge in [-0.1, -0.05) is 13.8 Å². The fraction of sp³-hybridized carbons (Fsp3) is 0.944. The molecule has 0 aromatic carbocycles. The van der Waals surface area contributed by atoms with Crippen LogP contribution < -0.4 is 10.6 Å². The minimum absolute atomic E-state index is 0. The Morgan fingerprint density at radius 2 is 1.83 bits per heavy atom. The zero-order valence-electron chi connectivity index (χ0n) is 16.3. The lowest BCUT2D eigenvalue weighted by Crippen LogP contribution is -2.46. The van der Waals surface area contributed by atoms with Gasteiger partial charge in [0.15, 0.2) is 5.96 Å². The summed E-state index contributed by atoms with van der Waals surface area (Å²) in [5.74, 6) is 1.74. The lowest BCUT2D eigenvalue weighted by molar-refractivity contribution is 0.175. The van der Waals surface area contributed by atoms with Crippen molar-refractivity contribution < 1.29 is 5.11 Å². The molecule has 0 amide bonds. The van der Waals surface area contributed by atoms with Gasteiger partial charge in [0.1, 0.15) is 0 Å². The molecule has 1 atom stereocenters. The first-order valence-electron chi connectivity index (χ1n) is 9.31. The van der Waals surface area contributed by atoms with Crippen molar-refractivity contribution in [3.8, 4) is 0 Å². The molecule has 0 aromatic rings. The highest BCUT2D eigenvalue weighted by atomic mass is 127. The summed E-state index contributed by atoms with van der Waals surface area (Å²) in [6.07, 6.45) is 5.63. The van der Waals surface area contributed by atoms with Gasteiger partial charge >= 0.3 is 0 Å². The molecule has 1 unspecified atom stereocenters. The Labute approximate surface area is 166 Å². The van der Waals surface area contributed by atoms with Crippen molar-refractivity contribution in [2.45, 2.75) is 58.9 Å². The van der Waals surface area contributed by atoms with Crippen molar-refractivity contribution >= 4 is 29.9 Å². The van der Waals surface area contributed by atoms with Crippen molar-refractivity contribution in [1.29, 1.82) is 0 Å². The Hall–Kier alpha value is -0.0800. The van der Waals surface area contributed by atoms with E-state index in [0.717, 1.165) is 50.8 Å². The molecule has 0 aliphatic heterocycles. The third kappa shape index (κ3) is 7.87. The highest BCUT2D eigenvalue weighted by Crippen LogP contribution is 2.34. The van der Waals surface area contributed by atoms with E-state index in [9.17, 15) is 5.11 Å². The number of hydrogen-bond donors (Lipinski definition) is 3. The van der Waals surface area contributed by atoms with Crippen LogP contribution in [0.2, 0.25) is 0 Å². The van der Waals surface area contributed by atoms with E-state index < -0.39 is 0 Å². The normalized spacial score (nSPS) is 16.7. The summed E-state index contributed by atoms with van der Waals surface area (Å²) in [4.78, 5) is 7.14. The highest BCUT2D eigenvalue weighted by Gasteiger charge is 2.32. The quantitative estimate of drug-likeness (QED) is 0.255. The molecular weight excluding hydrogens is 415 g/mol. The summed E-state index contributed by atoms with van der Waals surface area (Å²) in [5.41, 5.74) is 0.120. The van der Waals surface area contributed by atoms with Crippen LogP contribution in [0.15, 0.2) is 4.99 Å². The maximum atomic E-state index is 9.35. The fourth-order valence-corrected chi connectivity index (χ4v) is 3.19. The molecule has 1 saturated carbocycles. The van der Waals surface area contributed by atoms with E-state index in [-0.39, 0.29) is 36.0 Å². The number of aliphatic imine (C=N–C) groups is 1. The summed E-state index contributed by atoms with van der Waals surface area (Å²) in [6, 6.07) is 0.582. The van der Waals surface area contributed by atoms with Gasteiger partial charge < -0.3 is 20.6 Å². The second-order valence-electron chi connectivity index (χ2n) is 7.13. The number of halogens is 1. The van der Waals surface area contributed by atoms with Crippen LogP contribution in [0.25, 0.3) is 0 Å². The zero-order valence-corrected chi connectivity index (χ0v) is 18.6. The number of nitrogens with zero attached hydrogens (tertiary/aromatic N) is 2. The van der Waals surface area contributed by atoms with Gasteiger partial charge in [0, 0.05) is 32.3 Å². The van der Waals surface area contributed by atoms with E-state index in [1.54, 1.807) is 0 Å². The van der Waals surface area contributed by atoms with Crippen LogP contribution in [-0.4, -0.2) is 62.3 Å². The van der Waals surface area contributed by atoms with Crippen molar-refractivity contribution in [2.24, 2.45) is 16.3 Å². The minimum atomic E-state index is 0. The standard InChI is InChI=1S/C18H38N4O.HI/c1-6-18(7-2,11-12-23)14-21-17(19-8-3)20-13-16(22(4)5)15-9-10-15;/h15-16,23H,6-14H2,1-5H3,(H2,19,20,21);1H. The monoisotopic (exact) mass is 454 g/mol. The van der Waals surface area contributed by atoms with Gasteiger partial charge in [0.05, 0.1) is 0 Å². The summed E-state index contributed by atoms with van der Waals surface area (Å²) in [5, 5.41) is 16.2. The zero-order chi connectivity index (χ0) is 17.3. The van der Waals surface area contributed by atoms with Crippen molar-refractivity contribution in [3.63, 3.8) is 0 Å². The van der Waals surface area contributed by atoms with Gasteiger partial charge in [0.2, 0.25) is 0 Å². The molecular formula is C18H39IN4O. The summed E-state index contributed by atoms with van der Waals surface area (Å²) < 4.78 is 0. The maximum Gasteiger partial charge on any atom is 0.191 e. The van der Waals surface area contributed by atoms with Gasteiger partial charge in [-0.2, -0.15) is 0 Å². The average molecular weight is 454 g/mol. The lowest BCUT2D eigenvalue weighted by atomic mass is 9.79. The Balaban J connectivity index is 0.00000529. The van der Waals surface area contributed by atoms with Crippen LogP contribution >= 0.6 is 24.0 Å². The minimum Gasteiger partial charge on any atom is -0.396 e. The van der Waals surface area contributed by atoms with E-state index >= 15 is 0 Å². The first kappa shape index (κ1) is 23.9. The number of guanidine groups is 1. The molecule has 6 heteroatoms. The van der Waals surface area contributed by atoms with Crippen LogP contribution in [0.3, 0.4) is 0 Å². The first-order valence-corrected chi connectivity index (χ1v) is 9.31. The molecule has 144 valence electrons. The molecule has 24 heavy (non-hydrogen) atoms. The fourth-order valence-electron chi connectivity index (χ4n) is 3.19. The van der Waals surface area contributed by atoms with E-state index in [0.29, 0.717) is 6.04 Å². The van der Waals surface area contributed by atoms with E-state index in [4.69, 9.17) is 4.99 Å². The van der Waals surface area contributed by atoms with Gasteiger partial charge in [-0.3, -0.25) is 4.99 Å². The largest absolute Gasteiger partial charge is 0.396 e. The molecule has 0 bridgehead atoms. The number of rotatable bonds is 11. The van der Waals surface area contributed by atoms with Gasteiger partial charge in [-0.15, -0.1) is 24.0 Å². The smallest absolute Gasteiger partial charge is 0.191 e. The molecule has 1 fully saturated rings. The van der Waals surface area contributed by atoms with E-state index in [1.165, 1.54) is 12.8 Å². The molecule has 1 rings (SSSR count). The van der Waals surface area contributed by atoms with E-state index in [2.05, 4.69) is 50.4 Å². The summed E-state index contributed by atoms with van der Waals surface area (Å²) in [7, 11) is 4.32. The summed E-state index contributed by atoms with van der Waals surface area (Å²) >= 11 is 0.